The molecule has 0 bridgehead atoms. The summed E-state index contributed by atoms with van der Waals surface area (Å²) in [5, 5.41) is 3.35. The summed E-state index contributed by atoms with van der Waals surface area (Å²) >= 11 is 0. The summed E-state index contributed by atoms with van der Waals surface area (Å²) in [6.07, 6.45) is 4.65. The van der Waals surface area contributed by atoms with Gasteiger partial charge in [0.25, 0.3) is 0 Å². The number of hydrogen-bond donors (Lipinski definition) is 1. The zero-order chi connectivity index (χ0) is 9.97. The highest BCUT2D eigenvalue weighted by molar-refractivity contribution is 5.84. The van der Waals surface area contributed by atoms with Gasteiger partial charge in [-0.15, -0.1) is 0 Å². The van der Waals surface area contributed by atoms with Crippen molar-refractivity contribution in [2.75, 3.05) is 26.7 Å². The fourth-order valence-electron chi connectivity index (χ4n) is 2.16. The first kappa shape index (κ1) is 10.1. The van der Waals surface area contributed by atoms with Gasteiger partial charge in [-0.1, -0.05) is 0 Å². The Hall–Kier alpha value is -0.410. The number of rotatable bonds is 4. The molecule has 2 rings (SSSR count). The molecule has 1 heterocycles. The van der Waals surface area contributed by atoms with E-state index in [1.165, 1.54) is 12.8 Å². The Balaban J connectivity index is 1.75. The first-order chi connectivity index (χ1) is 6.77. The van der Waals surface area contributed by atoms with Gasteiger partial charge in [0.1, 0.15) is 5.78 Å². The van der Waals surface area contributed by atoms with Gasteiger partial charge >= 0.3 is 0 Å². The van der Waals surface area contributed by atoms with E-state index in [0.29, 0.717) is 24.3 Å². The molecule has 1 N–H and O–H groups in total. The quantitative estimate of drug-likeness (QED) is 0.716. The smallest absolute Gasteiger partial charge is 0.149 e. The minimum atomic E-state index is 0.416. The van der Waals surface area contributed by atoms with Gasteiger partial charge in [-0.2, -0.15) is 0 Å². The van der Waals surface area contributed by atoms with E-state index in [2.05, 4.69) is 17.3 Å². The van der Waals surface area contributed by atoms with Crippen molar-refractivity contribution in [3.63, 3.8) is 0 Å². The average molecular weight is 196 g/mol. The minimum absolute atomic E-state index is 0.416. The van der Waals surface area contributed by atoms with Gasteiger partial charge in [0.15, 0.2) is 0 Å². The van der Waals surface area contributed by atoms with Crippen molar-refractivity contribution < 1.29 is 4.79 Å². The Labute approximate surface area is 85.8 Å². The van der Waals surface area contributed by atoms with Crippen molar-refractivity contribution in [3.8, 4) is 0 Å². The van der Waals surface area contributed by atoms with Crippen LogP contribution in [0, 0.1) is 5.92 Å². The third-order valence-electron chi connectivity index (χ3n) is 3.37. The minimum Gasteiger partial charge on any atom is -0.317 e. The van der Waals surface area contributed by atoms with Gasteiger partial charge in [0.05, 0.1) is 6.54 Å². The predicted molar refractivity (Wildman–Crippen MR) is 56.3 cm³/mol. The second-order valence-corrected chi connectivity index (χ2v) is 4.64. The molecule has 0 atom stereocenters. The molecule has 80 valence electrons. The molecule has 1 aliphatic carbocycles. The summed E-state index contributed by atoms with van der Waals surface area (Å²) in [6.45, 7) is 2.88. The SMILES string of the molecule is CN(CC(=O)C1CC1)C1CCNCC1. The zero-order valence-corrected chi connectivity index (χ0v) is 8.96. The Morgan fingerprint density at radius 3 is 2.50 bits per heavy atom. The molecule has 2 fully saturated rings. The van der Waals surface area contributed by atoms with Crippen LogP contribution in [0.15, 0.2) is 0 Å². The van der Waals surface area contributed by atoms with E-state index < -0.39 is 0 Å². The van der Waals surface area contributed by atoms with Crippen LogP contribution in [0.4, 0.5) is 0 Å². The topological polar surface area (TPSA) is 32.3 Å². The second-order valence-electron chi connectivity index (χ2n) is 4.64. The van der Waals surface area contributed by atoms with Gasteiger partial charge in [-0.3, -0.25) is 9.69 Å². The van der Waals surface area contributed by atoms with Gasteiger partial charge in [0, 0.05) is 12.0 Å². The van der Waals surface area contributed by atoms with Gasteiger partial charge < -0.3 is 5.32 Å². The van der Waals surface area contributed by atoms with E-state index >= 15 is 0 Å². The van der Waals surface area contributed by atoms with Crippen LogP contribution in [0.3, 0.4) is 0 Å². The van der Waals surface area contributed by atoms with Crippen molar-refractivity contribution in [2.45, 2.75) is 31.7 Å². The maximum Gasteiger partial charge on any atom is 0.149 e. The molecule has 0 amide bonds. The van der Waals surface area contributed by atoms with Crippen molar-refractivity contribution in [2.24, 2.45) is 5.92 Å². The van der Waals surface area contributed by atoms with Gasteiger partial charge in [-0.05, 0) is 45.8 Å². The molecule has 1 aliphatic heterocycles. The van der Waals surface area contributed by atoms with Crippen LogP contribution in [0.25, 0.3) is 0 Å². The molecule has 0 radical (unpaired) electrons. The van der Waals surface area contributed by atoms with Crippen LogP contribution in [0.2, 0.25) is 0 Å². The lowest BCUT2D eigenvalue weighted by Crippen LogP contribution is -2.43. The van der Waals surface area contributed by atoms with Crippen molar-refractivity contribution >= 4 is 5.78 Å². The van der Waals surface area contributed by atoms with Crippen molar-refractivity contribution in [3.05, 3.63) is 0 Å². The highest BCUT2D eigenvalue weighted by Crippen LogP contribution is 2.30. The highest BCUT2D eigenvalue weighted by atomic mass is 16.1. The molecule has 0 aromatic heterocycles. The molecule has 14 heavy (non-hydrogen) atoms. The lowest BCUT2D eigenvalue weighted by Gasteiger charge is -2.31. The molecule has 1 saturated heterocycles. The fraction of sp³-hybridized carbons (Fsp3) is 0.909. The number of Topliss-reactive ketones (excluding diaryl/α,β-unsaturated/α-hetero) is 1. The first-order valence-electron chi connectivity index (χ1n) is 5.71. The molecular weight excluding hydrogens is 176 g/mol. The van der Waals surface area contributed by atoms with E-state index in [1.54, 1.807) is 0 Å². The van der Waals surface area contributed by atoms with Crippen LogP contribution in [0.1, 0.15) is 25.7 Å². The molecular formula is C11H20N2O. The standard InChI is InChI=1S/C11H20N2O/c1-13(8-11(14)9-2-3-9)10-4-6-12-7-5-10/h9-10,12H,2-8H2,1H3. The number of carbonyl (C=O) groups excluding carboxylic acids is 1. The van der Waals surface area contributed by atoms with Crippen LogP contribution >= 0.6 is 0 Å². The lowest BCUT2D eigenvalue weighted by molar-refractivity contribution is -0.121. The van der Waals surface area contributed by atoms with Crippen LogP contribution in [-0.4, -0.2) is 43.4 Å². The van der Waals surface area contributed by atoms with E-state index in [-0.39, 0.29) is 0 Å². The monoisotopic (exact) mass is 196 g/mol. The number of carbonyl (C=O) groups is 1. The van der Waals surface area contributed by atoms with Crippen molar-refractivity contribution in [1.29, 1.82) is 0 Å². The van der Waals surface area contributed by atoms with E-state index in [0.717, 1.165) is 25.9 Å². The number of nitrogens with zero attached hydrogens (tertiary/aromatic N) is 1. The summed E-state index contributed by atoms with van der Waals surface area (Å²) in [5.41, 5.74) is 0. The van der Waals surface area contributed by atoms with Crippen LogP contribution < -0.4 is 5.32 Å². The van der Waals surface area contributed by atoms with Gasteiger partial charge in [0.2, 0.25) is 0 Å². The number of ketones is 1. The third kappa shape index (κ3) is 2.55. The molecule has 0 aromatic carbocycles. The summed E-state index contributed by atoms with van der Waals surface area (Å²) < 4.78 is 0. The van der Waals surface area contributed by atoms with Crippen LogP contribution in [-0.2, 0) is 4.79 Å². The number of piperidine rings is 1. The maximum absolute atomic E-state index is 11.6. The van der Waals surface area contributed by atoms with E-state index in [4.69, 9.17) is 0 Å². The Bertz CT molecular complexity index is 207. The average Bonchev–Trinajstić information content (AvgIpc) is 3.02. The van der Waals surface area contributed by atoms with Gasteiger partial charge in [-0.25, -0.2) is 0 Å². The maximum atomic E-state index is 11.6. The van der Waals surface area contributed by atoms with E-state index in [1.807, 2.05) is 0 Å². The molecule has 1 saturated carbocycles. The highest BCUT2D eigenvalue weighted by Gasteiger charge is 2.31. The second kappa shape index (κ2) is 4.41. The van der Waals surface area contributed by atoms with Crippen LogP contribution in [0.5, 0.6) is 0 Å². The predicted octanol–water partition coefficient (Wildman–Crippen LogP) is 0.649. The first-order valence-corrected chi connectivity index (χ1v) is 5.71. The third-order valence-corrected chi connectivity index (χ3v) is 3.37. The normalized spacial score (nSPS) is 24.1. The van der Waals surface area contributed by atoms with E-state index in [9.17, 15) is 4.79 Å². The Kier molecular flexibility index (Phi) is 3.19. The summed E-state index contributed by atoms with van der Waals surface area (Å²) in [7, 11) is 2.09. The fourth-order valence-corrected chi connectivity index (χ4v) is 2.16. The Morgan fingerprint density at radius 1 is 1.29 bits per heavy atom. The summed E-state index contributed by atoms with van der Waals surface area (Å²) in [5.74, 6) is 0.880. The van der Waals surface area contributed by atoms with Crippen molar-refractivity contribution in [1.82, 2.24) is 10.2 Å². The summed E-state index contributed by atoms with van der Waals surface area (Å²) in [4.78, 5) is 13.9. The number of likely N-dealkylation sites (N-methyl/N-ethyl adjacent to an activating group) is 1. The summed E-state index contributed by atoms with van der Waals surface area (Å²) in [6, 6.07) is 0.624. The molecule has 3 heteroatoms. The molecule has 3 nitrogen and oxygen atoms in total. The number of hydrogen-bond acceptors (Lipinski definition) is 3. The molecule has 0 unspecified atom stereocenters. The molecule has 0 aromatic rings. The Morgan fingerprint density at radius 2 is 1.93 bits per heavy atom. The molecule has 0 spiro atoms. The molecule has 2 aliphatic rings. The number of nitrogens with one attached hydrogen (secondary N) is 1. The lowest BCUT2D eigenvalue weighted by atomic mass is 10.0. The zero-order valence-electron chi connectivity index (χ0n) is 8.96. The largest absolute Gasteiger partial charge is 0.317 e.